The minimum Gasteiger partial charge on any atom is -0.431 e. The summed E-state index contributed by atoms with van der Waals surface area (Å²) in [5.74, 6) is -0.377. The number of anilines is 2. The molecule has 216 valence electrons. The SMILES string of the molecule is CC1CC1(O)C(=O)N(C)Nc1ccc(Cl)cc1.CC1CC12OC(=O)N(c1ccc(Cl)cc1)N(C)C2=O.O=C(Cl)Cl. The number of aliphatic hydroxyl groups is 1. The van der Waals surface area contributed by atoms with Crippen LogP contribution in [0.1, 0.15) is 26.7 Å². The minimum absolute atomic E-state index is 0.0319. The summed E-state index contributed by atoms with van der Waals surface area (Å²) in [7, 11) is 3.17. The average Bonchev–Trinajstić information content (AvgIpc) is 3.73. The van der Waals surface area contributed by atoms with Crippen LogP contribution in [0.3, 0.4) is 0 Å². The quantitative estimate of drug-likeness (QED) is 0.316. The molecule has 2 saturated carbocycles. The molecule has 0 bridgehead atoms. The van der Waals surface area contributed by atoms with Crippen LogP contribution in [0, 0.1) is 11.8 Å². The summed E-state index contributed by atoms with van der Waals surface area (Å²) in [6.07, 6.45) is 0.586. The number of carbonyl (C=O) groups excluding carboxylic acids is 4. The number of hydrazine groups is 2. The molecular formula is C26H28Cl4N4O6. The number of likely N-dealkylation sites (N-methyl/N-ethyl adjacent to an activating group) is 2. The van der Waals surface area contributed by atoms with Gasteiger partial charge in [-0.1, -0.05) is 37.0 Å². The van der Waals surface area contributed by atoms with Gasteiger partial charge in [-0.05, 0) is 84.1 Å². The van der Waals surface area contributed by atoms with E-state index in [1.807, 2.05) is 13.8 Å². The van der Waals surface area contributed by atoms with Crippen LogP contribution in [0.25, 0.3) is 0 Å². The second kappa shape index (κ2) is 12.4. The molecule has 10 nitrogen and oxygen atoms in total. The van der Waals surface area contributed by atoms with E-state index in [0.717, 1.165) is 5.69 Å². The van der Waals surface area contributed by atoms with Crippen LogP contribution in [-0.2, 0) is 14.3 Å². The minimum atomic E-state index is -1.19. The number of nitrogens with one attached hydrogen (secondary N) is 1. The maximum Gasteiger partial charge on any atom is 0.434 e. The third kappa shape index (κ3) is 7.11. The molecule has 2 aromatic carbocycles. The van der Waals surface area contributed by atoms with Gasteiger partial charge in [0.15, 0.2) is 5.60 Å². The smallest absolute Gasteiger partial charge is 0.431 e. The molecule has 0 radical (unpaired) electrons. The number of nitrogens with zero attached hydrogens (tertiary/aromatic N) is 3. The van der Waals surface area contributed by atoms with E-state index in [4.69, 9.17) is 32.7 Å². The van der Waals surface area contributed by atoms with Crippen LogP contribution in [-0.4, -0.2) is 63.0 Å². The second-order valence-corrected chi connectivity index (χ2v) is 11.5. The second-order valence-electron chi connectivity index (χ2n) is 9.72. The molecular weight excluding hydrogens is 606 g/mol. The van der Waals surface area contributed by atoms with Crippen LogP contribution in [0.5, 0.6) is 0 Å². The highest BCUT2D eigenvalue weighted by Gasteiger charge is 2.66. The fourth-order valence-corrected chi connectivity index (χ4v) is 4.44. The van der Waals surface area contributed by atoms with Gasteiger partial charge < -0.3 is 9.84 Å². The van der Waals surface area contributed by atoms with Crippen molar-refractivity contribution in [1.29, 1.82) is 0 Å². The Balaban J connectivity index is 0.000000196. The van der Waals surface area contributed by atoms with E-state index in [-0.39, 0.29) is 23.7 Å². The summed E-state index contributed by atoms with van der Waals surface area (Å²) in [4.78, 5) is 45.3. The normalized spacial score (nSPS) is 26.0. The third-order valence-electron chi connectivity index (χ3n) is 6.80. The zero-order valence-corrected chi connectivity index (χ0v) is 25.1. The fraction of sp³-hybridized carbons (Fsp3) is 0.385. The van der Waals surface area contributed by atoms with Crippen molar-refractivity contribution in [2.45, 2.75) is 37.9 Å². The molecule has 2 aliphatic carbocycles. The van der Waals surface area contributed by atoms with E-state index in [2.05, 4.69) is 28.6 Å². The molecule has 3 aliphatic rings. The van der Waals surface area contributed by atoms with Gasteiger partial charge in [-0.25, -0.2) is 9.80 Å². The van der Waals surface area contributed by atoms with Crippen LogP contribution in [0.2, 0.25) is 10.0 Å². The van der Waals surface area contributed by atoms with E-state index in [0.29, 0.717) is 28.6 Å². The molecule has 14 heteroatoms. The lowest BCUT2D eigenvalue weighted by Crippen LogP contribution is -2.59. The van der Waals surface area contributed by atoms with E-state index < -0.39 is 22.0 Å². The fourth-order valence-electron chi connectivity index (χ4n) is 4.19. The Morgan fingerprint density at radius 2 is 1.43 bits per heavy atom. The summed E-state index contributed by atoms with van der Waals surface area (Å²) in [5, 5.41) is 15.0. The Kier molecular flexibility index (Phi) is 9.85. The van der Waals surface area contributed by atoms with Crippen molar-refractivity contribution in [1.82, 2.24) is 10.0 Å². The molecule has 3 fully saturated rings. The third-order valence-corrected chi connectivity index (χ3v) is 7.31. The highest BCUT2D eigenvalue weighted by atomic mass is 35.5. The first-order chi connectivity index (χ1) is 18.6. The molecule has 1 saturated heterocycles. The van der Waals surface area contributed by atoms with Crippen molar-refractivity contribution in [3.05, 3.63) is 58.6 Å². The molecule has 1 heterocycles. The topological polar surface area (TPSA) is 119 Å². The first kappa shape index (κ1) is 31.8. The summed E-state index contributed by atoms with van der Waals surface area (Å²) in [6.45, 7) is 3.75. The molecule has 0 aromatic heterocycles. The molecule has 4 atom stereocenters. The molecule has 3 amide bonds. The zero-order chi connectivity index (χ0) is 30.0. The number of halogens is 4. The number of benzene rings is 2. The van der Waals surface area contributed by atoms with Crippen LogP contribution >= 0.6 is 46.4 Å². The van der Waals surface area contributed by atoms with E-state index >= 15 is 0 Å². The highest BCUT2D eigenvalue weighted by Crippen LogP contribution is 2.50. The first-order valence-electron chi connectivity index (χ1n) is 12.1. The Labute approximate surface area is 251 Å². The van der Waals surface area contributed by atoms with Crippen LogP contribution in [0.4, 0.5) is 21.0 Å². The van der Waals surface area contributed by atoms with Gasteiger partial charge in [-0.3, -0.25) is 24.8 Å². The molecule has 1 aliphatic heterocycles. The Morgan fingerprint density at radius 1 is 0.975 bits per heavy atom. The largest absolute Gasteiger partial charge is 0.434 e. The van der Waals surface area contributed by atoms with Crippen molar-refractivity contribution < 1.29 is 29.0 Å². The molecule has 5 rings (SSSR count). The summed E-state index contributed by atoms with van der Waals surface area (Å²) in [6, 6.07) is 13.7. The number of hydrogen-bond donors (Lipinski definition) is 2. The standard InChI is InChI=1S/C13H13ClN2O3.C12H15ClN2O2.CCl2O/c1-8-7-13(8)11(17)15(2)16(12(18)19-13)10-5-3-9(14)4-6-10;1-8-7-12(8,17)11(16)15(2)14-10-5-3-9(13)4-6-10;2-1(3)4/h3-6,8H,7H2,1-2H3;3-6,8,14,17H,7H2,1-2H3;. The van der Waals surface area contributed by atoms with E-state index in [1.54, 1.807) is 62.6 Å². The molecule has 2 aromatic rings. The van der Waals surface area contributed by atoms with E-state index in [1.165, 1.54) is 15.0 Å². The Hall–Kier alpha value is -2.76. The van der Waals surface area contributed by atoms with Gasteiger partial charge in [0, 0.05) is 36.5 Å². The Bertz CT molecular complexity index is 1280. The van der Waals surface area contributed by atoms with Gasteiger partial charge in [-0.15, -0.1) is 0 Å². The van der Waals surface area contributed by atoms with Crippen molar-refractivity contribution in [2.24, 2.45) is 11.8 Å². The number of carbonyl (C=O) groups is 4. The molecule has 1 spiro atoms. The monoisotopic (exact) mass is 632 g/mol. The van der Waals surface area contributed by atoms with Gasteiger partial charge >= 0.3 is 10.8 Å². The van der Waals surface area contributed by atoms with Gasteiger partial charge in [0.25, 0.3) is 11.8 Å². The summed E-state index contributed by atoms with van der Waals surface area (Å²) < 4.78 is 4.45. The summed E-state index contributed by atoms with van der Waals surface area (Å²) in [5.41, 5.74) is 2.08. The number of amides is 3. The van der Waals surface area contributed by atoms with Gasteiger partial charge in [0.1, 0.15) is 5.60 Å². The summed E-state index contributed by atoms with van der Waals surface area (Å²) >= 11 is 20.4. The number of hydrogen-bond acceptors (Lipinski definition) is 7. The van der Waals surface area contributed by atoms with Crippen molar-refractivity contribution >= 4 is 80.4 Å². The van der Waals surface area contributed by atoms with Crippen molar-refractivity contribution in [3.63, 3.8) is 0 Å². The maximum absolute atomic E-state index is 12.3. The highest BCUT2D eigenvalue weighted by molar-refractivity contribution is 6.93. The lowest BCUT2D eigenvalue weighted by atomic mass is 10.2. The molecule has 4 unspecified atom stereocenters. The Morgan fingerprint density at radius 3 is 1.85 bits per heavy atom. The van der Waals surface area contributed by atoms with Crippen LogP contribution in [0.15, 0.2) is 48.5 Å². The van der Waals surface area contributed by atoms with Gasteiger partial charge in [-0.2, -0.15) is 5.01 Å². The molecule has 40 heavy (non-hydrogen) atoms. The average molecular weight is 634 g/mol. The maximum atomic E-state index is 12.3. The predicted octanol–water partition coefficient (Wildman–Crippen LogP) is 5.93. The zero-order valence-electron chi connectivity index (χ0n) is 22.0. The lowest BCUT2D eigenvalue weighted by molar-refractivity contribution is -0.147. The van der Waals surface area contributed by atoms with E-state index in [9.17, 15) is 19.5 Å². The van der Waals surface area contributed by atoms with Gasteiger partial charge in [0.05, 0.1) is 11.4 Å². The predicted molar refractivity (Wildman–Crippen MR) is 153 cm³/mol. The van der Waals surface area contributed by atoms with Crippen molar-refractivity contribution in [2.75, 3.05) is 24.5 Å². The van der Waals surface area contributed by atoms with Gasteiger partial charge in [0.2, 0.25) is 0 Å². The van der Waals surface area contributed by atoms with Crippen LogP contribution < -0.4 is 10.4 Å². The lowest BCUT2D eigenvalue weighted by Gasteiger charge is -2.39. The van der Waals surface area contributed by atoms with Crippen molar-refractivity contribution in [3.8, 4) is 0 Å². The molecule has 2 N–H and O–H groups in total. The number of ether oxygens (including phenoxy) is 1. The number of rotatable bonds is 4. The first-order valence-corrected chi connectivity index (χ1v) is 13.6.